The lowest BCUT2D eigenvalue weighted by molar-refractivity contribution is -0.138. The predicted molar refractivity (Wildman–Crippen MR) is 62.7 cm³/mol. The quantitative estimate of drug-likeness (QED) is 0.847. The lowest BCUT2D eigenvalue weighted by atomic mass is 10.1. The summed E-state index contributed by atoms with van der Waals surface area (Å²) in [6.07, 6.45) is 4.50. The molecule has 0 fully saturated rings. The van der Waals surface area contributed by atoms with Crippen molar-refractivity contribution in [2.45, 2.75) is 18.9 Å². The molecule has 1 heterocycles. The molecule has 0 saturated carbocycles. The molecule has 0 aromatic carbocycles. The fourth-order valence-electron chi connectivity index (χ4n) is 0.995. The minimum atomic E-state index is -0.950. The van der Waals surface area contributed by atoms with Crippen LogP contribution in [0.4, 0.5) is 0 Å². The minimum absolute atomic E-state index is 0. The maximum Gasteiger partial charge on any atom is 0.320 e. The fraction of sp³-hybridized carbons (Fsp3) is 0.333. The standard InChI is InChI=1S/C9H12N2O2.2ClH/c10-8(9(12)13)2-1-7-3-5-11-6-4-7;;/h3-6,8H,1-2,10H2,(H,12,13);2*1H. The van der Waals surface area contributed by atoms with Gasteiger partial charge in [0.05, 0.1) is 0 Å². The van der Waals surface area contributed by atoms with Gasteiger partial charge in [-0.1, -0.05) is 0 Å². The van der Waals surface area contributed by atoms with Gasteiger partial charge in [0.15, 0.2) is 0 Å². The normalized spacial score (nSPS) is 10.7. The van der Waals surface area contributed by atoms with Crippen molar-refractivity contribution >= 4 is 30.8 Å². The number of nitrogens with two attached hydrogens (primary N) is 1. The number of aliphatic carboxylic acids is 1. The average Bonchev–Trinajstić information content (AvgIpc) is 2.15. The van der Waals surface area contributed by atoms with Crippen LogP contribution < -0.4 is 5.73 Å². The van der Waals surface area contributed by atoms with Crippen LogP contribution in [0.15, 0.2) is 24.5 Å². The molecule has 3 N–H and O–H groups in total. The van der Waals surface area contributed by atoms with E-state index in [-0.39, 0.29) is 24.8 Å². The second kappa shape index (κ2) is 8.47. The van der Waals surface area contributed by atoms with E-state index < -0.39 is 12.0 Å². The number of pyridine rings is 1. The van der Waals surface area contributed by atoms with Crippen molar-refractivity contribution in [3.05, 3.63) is 30.1 Å². The summed E-state index contributed by atoms with van der Waals surface area (Å²) in [5.41, 5.74) is 6.41. The van der Waals surface area contributed by atoms with E-state index in [9.17, 15) is 4.79 Å². The molecule has 0 aliphatic heterocycles. The van der Waals surface area contributed by atoms with Crippen LogP contribution in [0.1, 0.15) is 12.0 Å². The molecule has 1 atom stereocenters. The van der Waals surface area contributed by atoms with E-state index in [1.165, 1.54) is 0 Å². The third-order valence-corrected chi connectivity index (χ3v) is 1.81. The first-order valence-electron chi connectivity index (χ1n) is 4.07. The van der Waals surface area contributed by atoms with Crippen LogP contribution in [0.3, 0.4) is 0 Å². The molecule has 0 amide bonds. The van der Waals surface area contributed by atoms with E-state index in [4.69, 9.17) is 10.8 Å². The van der Waals surface area contributed by atoms with Crippen molar-refractivity contribution in [3.8, 4) is 0 Å². The van der Waals surface area contributed by atoms with E-state index in [1.54, 1.807) is 12.4 Å². The van der Waals surface area contributed by atoms with Crippen molar-refractivity contribution in [2.24, 2.45) is 5.73 Å². The first-order chi connectivity index (χ1) is 6.20. The zero-order chi connectivity index (χ0) is 9.68. The summed E-state index contributed by atoms with van der Waals surface area (Å²) in [7, 11) is 0. The molecule has 0 aliphatic rings. The summed E-state index contributed by atoms with van der Waals surface area (Å²) in [6, 6.07) is 2.94. The highest BCUT2D eigenvalue weighted by molar-refractivity contribution is 5.85. The first-order valence-corrected chi connectivity index (χ1v) is 4.07. The van der Waals surface area contributed by atoms with E-state index >= 15 is 0 Å². The SMILES string of the molecule is Cl.Cl.NC(CCc1ccncc1)C(=O)O. The van der Waals surface area contributed by atoms with Gasteiger partial charge in [-0.3, -0.25) is 9.78 Å². The Bertz CT molecular complexity index is 283. The molecule has 0 saturated heterocycles. The van der Waals surface area contributed by atoms with Crippen molar-refractivity contribution < 1.29 is 9.90 Å². The smallest absolute Gasteiger partial charge is 0.320 e. The number of nitrogens with zero attached hydrogens (tertiary/aromatic N) is 1. The lowest BCUT2D eigenvalue weighted by Crippen LogP contribution is -2.30. The molecule has 1 rings (SSSR count). The van der Waals surface area contributed by atoms with Crippen LogP contribution in [0.2, 0.25) is 0 Å². The van der Waals surface area contributed by atoms with Crippen molar-refractivity contribution in [1.29, 1.82) is 0 Å². The molecule has 0 bridgehead atoms. The van der Waals surface area contributed by atoms with E-state index in [1.807, 2.05) is 12.1 Å². The van der Waals surface area contributed by atoms with Crippen LogP contribution in [-0.2, 0) is 11.2 Å². The number of hydrogen-bond donors (Lipinski definition) is 2. The molecular formula is C9H14Cl2N2O2. The number of rotatable bonds is 4. The van der Waals surface area contributed by atoms with Gasteiger partial charge in [0.25, 0.3) is 0 Å². The largest absolute Gasteiger partial charge is 0.480 e. The average molecular weight is 253 g/mol. The van der Waals surface area contributed by atoms with Gasteiger partial charge in [0, 0.05) is 12.4 Å². The molecule has 1 aromatic heterocycles. The number of carbonyl (C=O) groups is 1. The van der Waals surface area contributed by atoms with Gasteiger partial charge in [-0.25, -0.2) is 0 Å². The van der Waals surface area contributed by atoms with Gasteiger partial charge in [0.1, 0.15) is 6.04 Å². The van der Waals surface area contributed by atoms with Crippen LogP contribution in [-0.4, -0.2) is 22.1 Å². The molecular weight excluding hydrogens is 239 g/mol. The first kappa shape index (κ1) is 16.6. The Kier molecular flexibility index (Phi) is 9.36. The molecule has 1 unspecified atom stereocenters. The minimum Gasteiger partial charge on any atom is -0.480 e. The number of carboxylic acids is 1. The maximum atomic E-state index is 10.4. The molecule has 4 nitrogen and oxygen atoms in total. The Morgan fingerprint density at radius 2 is 1.93 bits per heavy atom. The van der Waals surface area contributed by atoms with Crippen molar-refractivity contribution in [1.82, 2.24) is 4.98 Å². The summed E-state index contributed by atoms with van der Waals surface area (Å²) in [4.78, 5) is 14.2. The Balaban J connectivity index is 0. The van der Waals surface area contributed by atoms with Crippen LogP contribution >= 0.6 is 24.8 Å². The third kappa shape index (κ3) is 6.28. The number of aryl methyl sites for hydroxylation is 1. The third-order valence-electron chi connectivity index (χ3n) is 1.81. The zero-order valence-corrected chi connectivity index (χ0v) is 9.63. The molecule has 0 aliphatic carbocycles. The monoisotopic (exact) mass is 252 g/mol. The highest BCUT2D eigenvalue weighted by Gasteiger charge is 2.10. The molecule has 6 heteroatoms. The fourth-order valence-corrected chi connectivity index (χ4v) is 0.995. The summed E-state index contributed by atoms with van der Waals surface area (Å²) in [5.74, 6) is -0.950. The molecule has 1 aromatic rings. The van der Waals surface area contributed by atoms with Crippen molar-refractivity contribution in [3.63, 3.8) is 0 Å². The van der Waals surface area contributed by atoms with E-state index in [2.05, 4.69) is 4.98 Å². The van der Waals surface area contributed by atoms with Gasteiger partial charge in [-0.2, -0.15) is 0 Å². The second-order valence-electron chi connectivity index (χ2n) is 2.84. The van der Waals surface area contributed by atoms with Gasteiger partial charge in [0.2, 0.25) is 0 Å². The Hall–Kier alpha value is -0.840. The maximum absolute atomic E-state index is 10.4. The topological polar surface area (TPSA) is 76.2 Å². The number of carboxylic acid groups (broad SMARTS) is 1. The van der Waals surface area contributed by atoms with Gasteiger partial charge >= 0.3 is 5.97 Å². The molecule has 0 radical (unpaired) electrons. The Labute approximate surface area is 101 Å². The second-order valence-corrected chi connectivity index (χ2v) is 2.84. The van der Waals surface area contributed by atoms with Gasteiger partial charge in [-0.15, -0.1) is 24.8 Å². The summed E-state index contributed by atoms with van der Waals surface area (Å²) >= 11 is 0. The highest BCUT2D eigenvalue weighted by Crippen LogP contribution is 2.02. The Morgan fingerprint density at radius 1 is 1.40 bits per heavy atom. The van der Waals surface area contributed by atoms with Crippen LogP contribution in [0.25, 0.3) is 0 Å². The molecule has 0 spiro atoms. The van der Waals surface area contributed by atoms with Crippen molar-refractivity contribution in [2.75, 3.05) is 0 Å². The van der Waals surface area contributed by atoms with Gasteiger partial charge < -0.3 is 10.8 Å². The summed E-state index contributed by atoms with van der Waals surface area (Å²) < 4.78 is 0. The predicted octanol–water partition coefficient (Wildman–Crippen LogP) is 1.27. The molecule has 86 valence electrons. The number of halogens is 2. The van der Waals surface area contributed by atoms with E-state index in [0.29, 0.717) is 12.8 Å². The summed E-state index contributed by atoms with van der Waals surface area (Å²) in [5, 5.41) is 8.52. The zero-order valence-electron chi connectivity index (χ0n) is 8.00. The Morgan fingerprint density at radius 3 is 2.40 bits per heavy atom. The van der Waals surface area contributed by atoms with E-state index in [0.717, 1.165) is 5.56 Å². The van der Waals surface area contributed by atoms with Crippen LogP contribution in [0, 0.1) is 0 Å². The molecule has 15 heavy (non-hydrogen) atoms. The number of hydrogen-bond acceptors (Lipinski definition) is 3. The summed E-state index contributed by atoms with van der Waals surface area (Å²) in [6.45, 7) is 0. The highest BCUT2D eigenvalue weighted by atomic mass is 35.5. The van der Waals surface area contributed by atoms with Gasteiger partial charge in [-0.05, 0) is 30.5 Å². The lowest BCUT2D eigenvalue weighted by Gasteiger charge is -2.05. The van der Waals surface area contributed by atoms with Crippen LogP contribution in [0.5, 0.6) is 0 Å². The number of aromatic nitrogens is 1.